The minimum absolute atomic E-state index is 0.0159. The minimum Gasteiger partial charge on any atom is -0.396 e. The Kier molecular flexibility index (Phi) is 6.22. The highest BCUT2D eigenvalue weighted by atomic mass is 19.4. The smallest absolute Gasteiger partial charge is 0.396 e. The summed E-state index contributed by atoms with van der Waals surface area (Å²) in [5.74, 6) is -0.639. The van der Waals surface area contributed by atoms with Gasteiger partial charge in [-0.15, -0.1) is 0 Å². The van der Waals surface area contributed by atoms with Gasteiger partial charge in [0.05, 0.1) is 12.2 Å². The van der Waals surface area contributed by atoms with E-state index >= 15 is 0 Å². The molecule has 0 saturated carbocycles. The number of likely N-dealkylation sites (tertiary alicyclic amines) is 1. The average Bonchev–Trinajstić information content (AvgIpc) is 2.54. The largest absolute Gasteiger partial charge is 0.416 e. The standard InChI is InChI=1S/C17H23F4NO2/c1-24-8-6-16(12-23)5-2-7-22(11-16)10-13-9-14(17(19,20)21)3-4-15(13)18/h3-4,9,23H,2,5-8,10-12H2,1H3. The summed E-state index contributed by atoms with van der Waals surface area (Å²) in [6, 6.07) is 2.50. The molecule has 3 nitrogen and oxygen atoms in total. The maximum atomic E-state index is 13.9. The van der Waals surface area contributed by atoms with E-state index in [2.05, 4.69) is 0 Å². The van der Waals surface area contributed by atoms with E-state index in [4.69, 9.17) is 4.74 Å². The molecule has 0 aliphatic carbocycles. The van der Waals surface area contributed by atoms with Crippen LogP contribution in [0, 0.1) is 11.2 Å². The van der Waals surface area contributed by atoms with Crippen LogP contribution in [0.15, 0.2) is 18.2 Å². The monoisotopic (exact) mass is 349 g/mol. The summed E-state index contributed by atoms with van der Waals surface area (Å²) >= 11 is 0. The highest BCUT2D eigenvalue weighted by molar-refractivity contribution is 5.27. The Labute approximate surface area is 139 Å². The predicted molar refractivity (Wildman–Crippen MR) is 81.9 cm³/mol. The zero-order valence-electron chi connectivity index (χ0n) is 13.7. The molecule has 0 amide bonds. The Bertz CT molecular complexity index is 550. The lowest BCUT2D eigenvalue weighted by Crippen LogP contribution is -2.45. The van der Waals surface area contributed by atoms with Gasteiger partial charge in [-0.1, -0.05) is 0 Å². The fourth-order valence-corrected chi connectivity index (χ4v) is 3.29. The first kappa shape index (κ1) is 19.1. The summed E-state index contributed by atoms with van der Waals surface area (Å²) in [4.78, 5) is 1.91. The van der Waals surface area contributed by atoms with Crippen LogP contribution in [0.25, 0.3) is 0 Å². The quantitative estimate of drug-likeness (QED) is 0.799. The van der Waals surface area contributed by atoms with Crippen molar-refractivity contribution in [1.29, 1.82) is 0 Å². The third-order valence-electron chi connectivity index (χ3n) is 4.68. The van der Waals surface area contributed by atoms with Gasteiger partial charge in [0, 0.05) is 37.8 Å². The van der Waals surface area contributed by atoms with Gasteiger partial charge in [-0.3, -0.25) is 4.90 Å². The molecule has 0 spiro atoms. The SMILES string of the molecule is COCCC1(CO)CCCN(Cc2cc(C(F)(F)F)ccc2F)C1. The van der Waals surface area contributed by atoms with Crippen molar-refractivity contribution >= 4 is 0 Å². The van der Waals surface area contributed by atoms with E-state index in [9.17, 15) is 22.7 Å². The molecule has 1 aliphatic rings. The average molecular weight is 349 g/mol. The van der Waals surface area contributed by atoms with Crippen molar-refractivity contribution in [3.8, 4) is 0 Å². The van der Waals surface area contributed by atoms with Crippen molar-refractivity contribution in [1.82, 2.24) is 4.90 Å². The maximum Gasteiger partial charge on any atom is 0.416 e. The molecule has 0 aromatic heterocycles. The van der Waals surface area contributed by atoms with Crippen LogP contribution in [0.4, 0.5) is 17.6 Å². The number of halogens is 4. The number of hydrogen-bond acceptors (Lipinski definition) is 3. The number of rotatable bonds is 6. The Balaban J connectivity index is 2.13. The van der Waals surface area contributed by atoms with Crippen LogP contribution >= 0.6 is 0 Å². The molecule has 2 rings (SSSR count). The molecule has 1 atom stereocenters. The number of methoxy groups -OCH3 is 1. The number of alkyl halides is 3. The zero-order chi connectivity index (χ0) is 17.8. The summed E-state index contributed by atoms with van der Waals surface area (Å²) < 4.78 is 57.4. The van der Waals surface area contributed by atoms with Gasteiger partial charge in [0.1, 0.15) is 5.82 Å². The van der Waals surface area contributed by atoms with Crippen molar-refractivity contribution in [3.05, 3.63) is 35.1 Å². The van der Waals surface area contributed by atoms with Crippen LogP contribution in [-0.2, 0) is 17.5 Å². The Morgan fingerprint density at radius 1 is 1.33 bits per heavy atom. The summed E-state index contributed by atoms with van der Waals surface area (Å²) in [6.07, 6.45) is -2.18. The molecular formula is C17H23F4NO2. The van der Waals surface area contributed by atoms with Gasteiger partial charge in [-0.05, 0) is 44.0 Å². The van der Waals surface area contributed by atoms with Crippen molar-refractivity contribution in [3.63, 3.8) is 0 Å². The molecule has 1 N–H and O–H groups in total. The molecule has 0 radical (unpaired) electrons. The van der Waals surface area contributed by atoms with Crippen molar-refractivity contribution < 1.29 is 27.4 Å². The summed E-state index contributed by atoms with van der Waals surface area (Å²) in [5.41, 5.74) is -1.15. The zero-order valence-corrected chi connectivity index (χ0v) is 13.7. The molecule has 1 aromatic carbocycles. The first-order valence-corrected chi connectivity index (χ1v) is 7.97. The molecule has 1 unspecified atom stereocenters. The molecule has 1 aromatic rings. The van der Waals surface area contributed by atoms with Crippen molar-refractivity contribution in [2.75, 3.05) is 33.4 Å². The normalized spacial score (nSPS) is 22.8. The lowest BCUT2D eigenvalue weighted by atomic mass is 9.78. The minimum atomic E-state index is -4.49. The van der Waals surface area contributed by atoms with E-state index in [0.29, 0.717) is 26.1 Å². The number of ether oxygens (including phenoxy) is 1. The molecule has 7 heteroatoms. The van der Waals surface area contributed by atoms with Crippen molar-refractivity contribution in [2.24, 2.45) is 5.41 Å². The fraction of sp³-hybridized carbons (Fsp3) is 0.647. The predicted octanol–water partition coefficient (Wildman–Crippen LogP) is 3.46. The lowest BCUT2D eigenvalue weighted by molar-refractivity contribution is -0.137. The van der Waals surface area contributed by atoms with E-state index in [1.54, 1.807) is 7.11 Å². The third-order valence-corrected chi connectivity index (χ3v) is 4.68. The first-order chi connectivity index (χ1) is 11.3. The molecule has 1 fully saturated rings. The molecule has 24 heavy (non-hydrogen) atoms. The van der Waals surface area contributed by atoms with E-state index < -0.39 is 17.6 Å². The second-order valence-electron chi connectivity index (χ2n) is 6.52. The number of nitrogens with zero attached hydrogens (tertiary/aromatic N) is 1. The number of aliphatic hydroxyl groups is 1. The molecule has 136 valence electrons. The van der Waals surface area contributed by atoms with Gasteiger partial charge in [-0.2, -0.15) is 13.2 Å². The van der Waals surface area contributed by atoms with Crippen LogP contribution in [0.1, 0.15) is 30.4 Å². The highest BCUT2D eigenvalue weighted by Gasteiger charge is 2.35. The summed E-state index contributed by atoms with van der Waals surface area (Å²) in [6.45, 7) is 1.78. The second kappa shape index (κ2) is 7.80. The van der Waals surface area contributed by atoms with Crippen LogP contribution in [0.2, 0.25) is 0 Å². The number of hydrogen-bond donors (Lipinski definition) is 1. The van der Waals surface area contributed by atoms with Crippen LogP contribution in [0.3, 0.4) is 0 Å². The van der Waals surface area contributed by atoms with Crippen LogP contribution in [-0.4, -0.2) is 43.4 Å². The molecule has 1 saturated heterocycles. The molecular weight excluding hydrogens is 326 g/mol. The Morgan fingerprint density at radius 2 is 2.08 bits per heavy atom. The van der Waals surface area contributed by atoms with Gasteiger partial charge in [0.25, 0.3) is 0 Å². The van der Waals surface area contributed by atoms with Gasteiger partial charge < -0.3 is 9.84 Å². The van der Waals surface area contributed by atoms with E-state index in [1.807, 2.05) is 4.90 Å². The maximum absolute atomic E-state index is 13.9. The number of benzene rings is 1. The first-order valence-electron chi connectivity index (χ1n) is 7.97. The van der Waals surface area contributed by atoms with Crippen LogP contribution < -0.4 is 0 Å². The third kappa shape index (κ3) is 4.68. The lowest BCUT2D eigenvalue weighted by Gasteiger charge is -2.42. The van der Waals surface area contributed by atoms with E-state index in [1.165, 1.54) is 0 Å². The van der Waals surface area contributed by atoms with Gasteiger partial charge >= 0.3 is 6.18 Å². The highest BCUT2D eigenvalue weighted by Crippen LogP contribution is 2.35. The Morgan fingerprint density at radius 3 is 2.71 bits per heavy atom. The van der Waals surface area contributed by atoms with E-state index in [-0.39, 0.29) is 24.1 Å². The fourth-order valence-electron chi connectivity index (χ4n) is 3.29. The number of piperidine rings is 1. The summed E-state index contributed by atoms with van der Waals surface area (Å²) in [7, 11) is 1.59. The van der Waals surface area contributed by atoms with Gasteiger partial charge in [0.2, 0.25) is 0 Å². The molecule has 1 aliphatic heterocycles. The molecule has 1 heterocycles. The van der Waals surface area contributed by atoms with Gasteiger partial charge in [-0.25, -0.2) is 4.39 Å². The summed E-state index contributed by atoms with van der Waals surface area (Å²) in [5, 5.41) is 9.75. The molecule has 0 bridgehead atoms. The van der Waals surface area contributed by atoms with Crippen molar-refractivity contribution in [2.45, 2.75) is 32.0 Å². The van der Waals surface area contributed by atoms with E-state index in [0.717, 1.165) is 31.0 Å². The van der Waals surface area contributed by atoms with Gasteiger partial charge in [0.15, 0.2) is 0 Å². The topological polar surface area (TPSA) is 32.7 Å². The van der Waals surface area contributed by atoms with Crippen LogP contribution in [0.5, 0.6) is 0 Å². The second-order valence-corrected chi connectivity index (χ2v) is 6.52. The Hall–Kier alpha value is -1.18. The number of aliphatic hydroxyl groups excluding tert-OH is 1.